The van der Waals surface area contributed by atoms with Gasteiger partial charge in [-0.1, -0.05) is 108 Å². The SMILES string of the molecule is CCCCN(CCCC)c1ccc(C(/C=C/C=C(/c2ccc(N(CCCC)CCCC)cc2)c2ccc(N3CCOCC3)cc2)=C2C=CC(=[N+]3CCOCC3)C=C2)cc1. The Kier molecular flexibility index (Phi) is 17.7. The predicted octanol–water partition coefficient (Wildman–Crippen LogP) is 11.4. The number of allylic oxidation sites excluding steroid dienone is 9. The van der Waals surface area contributed by atoms with Crippen molar-refractivity contribution >= 4 is 33.9 Å². The number of ether oxygens (including phenoxy) is 2. The number of nitrogens with zero attached hydrogens (tertiary/aromatic N) is 4. The first kappa shape index (κ1) is 43.9. The van der Waals surface area contributed by atoms with E-state index in [0.29, 0.717) is 0 Å². The van der Waals surface area contributed by atoms with Crippen LogP contribution in [0, 0.1) is 0 Å². The summed E-state index contributed by atoms with van der Waals surface area (Å²) in [7, 11) is 0. The molecule has 0 N–H and O–H groups in total. The van der Waals surface area contributed by atoms with E-state index in [4.69, 9.17) is 9.47 Å². The van der Waals surface area contributed by atoms with Crippen molar-refractivity contribution in [3.8, 4) is 0 Å². The quantitative estimate of drug-likeness (QED) is 0.0840. The molecule has 0 spiro atoms. The summed E-state index contributed by atoms with van der Waals surface area (Å²) >= 11 is 0. The average Bonchev–Trinajstić information content (AvgIpc) is 3.30. The van der Waals surface area contributed by atoms with Crippen LogP contribution in [0.25, 0.3) is 11.1 Å². The Balaban J connectivity index is 1.37. The fourth-order valence-electron chi connectivity index (χ4n) is 8.15. The monoisotopic (exact) mass is 796 g/mol. The average molecular weight is 796 g/mol. The Morgan fingerprint density at radius 1 is 0.576 bits per heavy atom. The minimum atomic E-state index is 0.783. The zero-order valence-corrected chi connectivity index (χ0v) is 36.7. The molecule has 3 aromatic rings. The minimum Gasteiger partial charge on any atom is -0.378 e. The van der Waals surface area contributed by atoms with Gasteiger partial charge in [0.2, 0.25) is 0 Å². The molecule has 0 unspecified atom stereocenters. The molecule has 59 heavy (non-hydrogen) atoms. The Morgan fingerprint density at radius 2 is 1.03 bits per heavy atom. The van der Waals surface area contributed by atoms with Crippen molar-refractivity contribution in [3.05, 3.63) is 138 Å². The number of rotatable bonds is 20. The van der Waals surface area contributed by atoms with Crippen LogP contribution in [0.1, 0.15) is 95.8 Å². The van der Waals surface area contributed by atoms with Gasteiger partial charge in [-0.25, -0.2) is 4.58 Å². The molecule has 1 aliphatic carbocycles. The van der Waals surface area contributed by atoms with Gasteiger partial charge >= 0.3 is 0 Å². The van der Waals surface area contributed by atoms with Crippen molar-refractivity contribution in [3.63, 3.8) is 0 Å². The maximum absolute atomic E-state index is 5.64. The van der Waals surface area contributed by atoms with Gasteiger partial charge in [0.15, 0.2) is 18.8 Å². The van der Waals surface area contributed by atoms with Gasteiger partial charge in [-0.05, 0) is 108 Å². The Morgan fingerprint density at radius 3 is 1.53 bits per heavy atom. The molecular weight excluding hydrogens is 725 g/mol. The van der Waals surface area contributed by atoms with Crippen molar-refractivity contribution in [1.29, 1.82) is 0 Å². The fourth-order valence-corrected chi connectivity index (χ4v) is 8.15. The van der Waals surface area contributed by atoms with Gasteiger partial charge in [0, 0.05) is 68.5 Å². The molecule has 6 heteroatoms. The number of benzene rings is 3. The van der Waals surface area contributed by atoms with E-state index in [0.717, 1.165) is 78.8 Å². The van der Waals surface area contributed by atoms with E-state index in [1.165, 1.54) is 108 Å². The Bertz CT molecular complexity index is 1870. The number of morpholine rings is 2. The van der Waals surface area contributed by atoms with Crippen LogP contribution in [0.5, 0.6) is 0 Å². The van der Waals surface area contributed by atoms with Crippen molar-refractivity contribution in [2.45, 2.75) is 79.1 Å². The van der Waals surface area contributed by atoms with Crippen molar-refractivity contribution in [2.75, 3.05) is 93.5 Å². The number of hydrogen-bond acceptors (Lipinski definition) is 5. The summed E-state index contributed by atoms with van der Waals surface area (Å²) < 4.78 is 13.7. The second-order valence-corrected chi connectivity index (χ2v) is 16.1. The molecule has 0 radical (unpaired) electrons. The summed E-state index contributed by atoms with van der Waals surface area (Å²) in [5, 5.41) is 0. The second kappa shape index (κ2) is 23.8. The van der Waals surface area contributed by atoms with E-state index in [1.54, 1.807) is 0 Å². The van der Waals surface area contributed by atoms with Crippen LogP contribution in [0.2, 0.25) is 0 Å². The maximum Gasteiger partial charge on any atom is 0.200 e. The lowest BCUT2D eigenvalue weighted by atomic mass is 9.94. The molecule has 0 atom stereocenters. The molecule has 6 rings (SSSR count). The van der Waals surface area contributed by atoms with E-state index in [-0.39, 0.29) is 0 Å². The van der Waals surface area contributed by atoms with Crippen LogP contribution in [0.15, 0.2) is 121 Å². The highest BCUT2D eigenvalue weighted by Gasteiger charge is 2.18. The van der Waals surface area contributed by atoms with Crippen LogP contribution in [0.4, 0.5) is 17.1 Å². The van der Waals surface area contributed by atoms with Crippen LogP contribution in [0.3, 0.4) is 0 Å². The standard InChI is InChI=1S/C53H71N4O2/c1-5-9-32-54(33-10-6-2)48-24-16-44(17-25-48)52(46-20-28-50(29-21-46)56-36-40-58-41-37-56)14-13-15-53(47-22-30-51(31-23-47)57-38-42-59-43-39-57)45-18-26-49(27-19-45)55(34-11-7-3)35-12-8-4/h13-31H,5-12,32-43H2,1-4H3/q+1. The third-order valence-corrected chi connectivity index (χ3v) is 11.8. The van der Waals surface area contributed by atoms with E-state index in [9.17, 15) is 0 Å². The summed E-state index contributed by atoms with van der Waals surface area (Å²) in [4.78, 5) is 7.57. The molecule has 0 aromatic heterocycles. The first-order valence-electron chi connectivity index (χ1n) is 22.9. The van der Waals surface area contributed by atoms with Crippen LogP contribution < -0.4 is 14.7 Å². The molecule has 2 saturated heterocycles. The molecule has 0 amide bonds. The van der Waals surface area contributed by atoms with Gasteiger partial charge in [0.05, 0.1) is 13.2 Å². The summed E-state index contributed by atoms with van der Waals surface area (Å²) in [6.45, 7) is 20.4. The third-order valence-electron chi connectivity index (χ3n) is 11.8. The van der Waals surface area contributed by atoms with Gasteiger partial charge in [0.25, 0.3) is 0 Å². The Labute approximate surface area is 356 Å². The van der Waals surface area contributed by atoms with E-state index < -0.39 is 0 Å². The molecule has 0 saturated carbocycles. The molecule has 3 aliphatic rings. The van der Waals surface area contributed by atoms with E-state index in [2.05, 4.69) is 162 Å². The van der Waals surface area contributed by atoms with Gasteiger partial charge in [-0.2, -0.15) is 0 Å². The highest BCUT2D eigenvalue weighted by atomic mass is 16.5. The highest BCUT2D eigenvalue weighted by molar-refractivity contribution is 6.03. The number of hydrogen-bond donors (Lipinski definition) is 0. The summed E-state index contributed by atoms with van der Waals surface area (Å²) in [5.41, 5.74) is 12.5. The molecule has 2 aliphatic heterocycles. The number of unbranched alkanes of at least 4 members (excludes halogenated alkanes) is 4. The topological polar surface area (TPSA) is 31.2 Å². The van der Waals surface area contributed by atoms with Gasteiger partial charge in [-0.3, -0.25) is 0 Å². The minimum absolute atomic E-state index is 0.783. The normalized spacial score (nSPS) is 16.0. The van der Waals surface area contributed by atoms with Crippen LogP contribution >= 0.6 is 0 Å². The highest BCUT2D eigenvalue weighted by Crippen LogP contribution is 2.31. The van der Waals surface area contributed by atoms with Crippen molar-refractivity contribution < 1.29 is 14.0 Å². The zero-order chi connectivity index (χ0) is 41.1. The predicted molar refractivity (Wildman–Crippen MR) is 254 cm³/mol. The molecule has 2 fully saturated rings. The Hall–Kier alpha value is -4.65. The zero-order valence-electron chi connectivity index (χ0n) is 36.7. The van der Waals surface area contributed by atoms with Crippen LogP contribution in [-0.2, 0) is 9.47 Å². The molecule has 314 valence electrons. The molecule has 3 aromatic carbocycles. The van der Waals surface area contributed by atoms with Gasteiger partial charge in [0.1, 0.15) is 13.2 Å². The molecular formula is C53H71N4O2+. The van der Waals surface area contributed by atoms with E-state index >= 15 is 0 Å². The fraction of sp³-hybridized carbons (Fsp3) is 0.453. The number of anilines is 3. The molecule has 6 nitrogen and oxygen atoms in total. The van der Waals surface area contributed by atoms with Crippen LogP contribution in [-0.4, -0.2) is 89.1 Å². The summed E-state index contributed by atoms with van der Waals surface area (Å²) in [5.74, 6) is 0. The van der Waals surface area contributed by atoms with Crippen molar-refractivity contribution in [1.82, 2.24) is 0 Å². The van der Waals surface area contributed by atoms with Gasteiger partial charge < -0.3 is 24.2 Å². The third kappa shape index (κ3) is 12.7. The molecule has 2 heterocycles. The van der Waals surface area contributed by atoms with E-state index in [1.807, 2.05) is 0 Å². The first-order chi connectivity index (χ1) is 29.1. The summed E-state index contributed by atoms with van der Waals surface area (Å²) in [6.07, 6.45) is 25.7. The molecule has 0 bridgehead atoms. The maximum atomic E-state index is 5.64. The lowest BCUT2D eigenvalue weighted by Gasteiger charge is -2.29. The van der Waals surface area contributed by atoms with Crippen molar-refractivity contribution in [2.24, 2.45) is 0 Å². The summed E-state index contributed by atoms with van der Waals surface area (Å²) in [6, 6.07) is 27.8. The lowest BCUT2D eigenvalue weighted by molar-refractivity contribution is -0.547. The lowest BCUT2D eigenvalue weighted by Crippen LogP contribution is -2.36. The largest absolute Gasteiger partial charge is 0.378 e. The second-order valence-electron chi connectivity index (χ2n) is 16.1. The smallest absolute Gasteiger partial charge is 0.200 e. The first-order valence-corrected chi connectivity index (χ1v) is 22.9. The van der Waals surface area contributed by atoms with Gasteiger partial charge in [-0.15, -0.1) is 0 Å².